The molecular weight excluding hydrogens is 320 g/mol. The lowest BCUT2D eigenvalue weighted by Crippen LogP contribution is -2.23. The Bertz CT molecular complexity index is 511. The summed E-state index contributed by atoms with van der Waals surface area (Å²) in [6, 6.07) is 10.8. The number of anilines is 1. The Hall–Kier alpha value is -0.840. The molecule has 0 saturated heterocycles. The van der Waals surface area contributed by atoms with Gasteiger partial charge in [-0.1, -0.05) is 22.0 Å². The van der Waals surface area contributed by atoms with Crippen molar-refractivity contribution in [2.45, 2.75) is 20.0 Å². The van der Waals surface area contributed by atoms with Crippen molar-refractivity contribution in [1.82, 2.24) is 5.32 Å². The van der Waals surface area contributed by atoms with E-state index in [1.54, 1.807) is 0 Å². The number of nitrogens with zero attached hydrogens (tertiary/aromatic N) is 1. The Morgan fingerprint density at radius 2 is 2.16 bits per heavy atom. The van der Waals surface area contributed by atoms with E-state index in [0.29, 0.717) is 0 Å². The molecule has 0 aliphatic heterocycles. The normalized spacial score (nSPS) is 10.7. The Kier molecular flexibility index (Phi) is 5.43. The fraction of sp³-hybridized carbons (Fsp3) is 0.333. The molecule has 0 amide bonds. The van der Waals surface area contributed by atoms with Crippen LogP contribution < -0.4 is 10.2 Å². The van der Waals surface area contributed by atoms with Crippen molar-refractivity contribution in [3.05, 3.63) is 50.6 Å². The Morgan fingerprint density at radius 3 is 2.79 bits per heavy atom. The van der Waals surface area contributed by atoms with Crippen LogP contribution in [-0.4, -0.2) is 13.6 Å². The molecule has 0 bridgehead atoms. The van der Waals surface area contributed by atoms with Crippen molar-refractivity contribution < 1.29 is 0 Å². The highest BCUT2D eigenvalue weighted by Crippen LogP contribution is 2.26. The molecule has 0 fully saturated rings. The zero-order valence-electron chi connectivity index (χ0n) is 11.3. The molecule has 0 atom stereocenters. The van der Waals surface area contributed by atoms with Crippen molar-refractivity contribution in [3.8, 4) is 0 Å². The minimum atomic E-state index is 0.885. The van der Waals surface area contributed by atoms with E-state index in [0.717, 1.165) is 24.1 Å². The first-order chi connectivity index (χ1) is 9.24. The lowest BCUT2D eigenvalue weighted by molar-refractivity contribution is 0.788. The van der Waals surface area contributed by atoms with Crippen LogP contribution in [0.15, 0.2) is 40.2 Å². The number of benzene rings is 1. The summed E-state index contributed by atoms with van der Waals surface area (Å²) in [4.78, 5) is 3.82. The summed E-state index contributed by atoms with van der Waals surface area (Å²) in [6.45, 7) is 5.08. The Morgan fingerprint density at radius 1 is 1.32 bits per heavy atom. The molecule has 2 nitrogen and oxygen atoms in total. The van der Waals surface area contributed by atoms with E-state index >= 15 is 0 Å². The average molecular weight is 339 g/mol. The number of nitrogens with one attached hydrogen (secondary N) is 1. The topological polar surface area (TPSA) is 15.3 Å². The van der Waals surface area contributed by atoms with Gasteiger partial charge >= 0.3 is 0 Å². The van der Waals surface area contributed by atoms with Crippen molar-refractivity contribution >= 4 is 33.0 Å². The van der Waals surface area contributed by atoms with Crippen LogP contribution in [0.2, 0.25) is 0 Å². The Balaban J connectivity index is 2.26. The van der Waals surface area contributed by atoms with Gasteiger partial charge in [0.25, 0.3) is 0 Å². The van der Waals surface area contributed by atoms with Gasteiger partial charge in [0.1, 0.15) is 0 Å². The number of hydrogen-bond acceptors (Lipinski definition) is 3. The summed E-state index contributed by atoms with van der Waals surface area (Å²) in [6.07, 6.45) is 0. The molecule has 19 heavy (non-hydrogen) atoms. The van der Waals surface area contributed by atoms with Crippen LogP contribution in [0.25, 0.3) is 0 Å². The number of thiophene rings is 1. The van der Waals surface area contributed by atoms with E-state index in [4.69, 9.17) is 0 Å². The summed E-state index contributed by atoms with van der Waals surface area (Å²) in [5.74, 6) is 0. The second-order valence-electron chi connectivity index (χ2n) is 4.40. The summed E-state index contributed by atoms with van der Waals surface area (Å²) >= 11 is 5.37. The maximum absolute atomic E-state index is 3.55. The van der Waals surface area contributed by atoms with Gasteiger partial charge in [0.2, 0.25) is 0 Å². The van der Waals surface area contributed by atoms with Crippen LogP contribution in [0, 0.1) is 0 Å². The first-order valence-electron chi connectivity index (χ1n) is 6.45. The lowest BCUT2D eigenvalue weighted by atomic mass is 10.1. The zero-order valence-corrected chi connectivity index (χ0v) is 13.7. The molecule has 0 saturated carbocycles. The third-order valence-corrected chi connectivity index (χ3v) is 4.41. The standard InChI is InChI=1S/C15H19BrN2S/c1-3-18(11-14-5-4-8-19-14)15-7-6-13(16)9-12(15)10-17-2/h4-9,17H,3,10-11H2,1-2H3. The monoisotopic (exact) mass is 338 g/mol. The van der Waals surface area contributed by atoms with Gasteiger partial charge in [-0.15, -0.1) is 11.3 Å². The number of rotatable bonds is 6. The lowest BCUT2D eigenvalue weighted by Gasteiger charge is -2.25. The highest BCUT2D eigenvalue weighted by atomic mass is 79.9. The molecule has 0 unspecified atom stereocenters. The van der Waals surface area contributed by atoms with Gasteiger partial charge in [-0.2, -0.15) is 0 Å². The SMILES string of the molecule is CCN(Cc1cccs1)c1ccc(Br)cc1CNC. The second kappa shape index (κ2) is 7.08. The molecule has 4 heteroatoms. The smallest absolute Gasteiger partial charge is 0.0522 e. The van der Waals surface area contributed by atoms with Gasteiger partial charge in [-0.3, -0.25) is 0 Å². The van der Waals surface area contributed by atoms with Gasteiger partial charge in [-0.25, -0.2) is 0 Å². The van der Waals surface area contributed by atoms with Gasteiger partial charge < -0.3 is 10.2 Å². The predicted octanol–water partition coefficient (Wildman–Crippen LogP) is 4.26. The molecule has 1 aromatic carbocycles. The van der Waals surface area contributed by atoms with Crippen molar-refractivity contribution in [2.24, 2.45) is 0 Å². The van der Waals surface area contributed by atoms with Gasteiger partial charge in [0, 0.05) is 28.1 Å². The quantitative estimate of drug-likeness (QED) is 0.846. The van der Waals surface area contributed by atoms with Crippen LogP contribution in [0.3, 0.4) is 0 Å². The highest BCUT2D eigenvalue weighted by molar-refractivity contribution is 9.10. The molecule has 0 aliphatic rings. The van der Waals surface area contributed by atoms with E-state index in [2.05, 4.69) is 68.8 Å². The zero-order chi connectivity index (χ0) is 13.7. The molecule has 1 heterocycles. The van der Waals surface area contributed by atoms with Crippen LogP contribution >= 0.6 is 27.3 Å². The third-order valence-electron chi connectivity index (χ3n) is 3.06. The minimum absolute atomic E-state index is 0.885. The summed E-state index contributed by atoms with van der Waals surface area (Å²) in [7, 11) is 1.99. The van der Waals surface area contributed by atoms with Crippen molar-refractivity contribution in [3.63, 3.8) is 0 Å². The second-order valence-corrected chi connectivity index (χ2v) is 6.34. The Labute approximate surface area is 127 Å². The fourth-order valence-corrected chi connectivity index (χ4v) is 3.28. The molecule has 2 rings (SSSR count). The number of halogens is 1. The van der Waals surface area contributed by atoms with E-state index in [9.17, 15) is 0 Å². The first kappa shape index (κ1) is 14.6. The van der Waals surface area contributed by atoms with E-state index in [1.165, 1.54) is 16.1 Å². The molecule has 1 aromatic heterocycles. The van der Waals surface area contributed by atoms with Crippen LogP contribution in [-0.2, 0) is 13.1 Å². The van der Waals surface area contributed by atoms with Crippen molar-refractivity contribution in [1.29, 1.82) is 0 Å². The third kappa shape index (κ3) is 3.81. The highest BCUT2D eigenvalue weighted by Gasteiger charge is 2.11. The average Bonchev–Trinajstić information content (AvgIpc) is 2.90. The minimum Gasteiger partial charge on any atom is -0.366 e. The molecule has 0 radical (unpaired) electrons. The van der Waals surface area contributed by atoms with Crippen LogP contribution in [0.1, 0.15) is 17.4 Å². The molecule has 102 valence electrons. The molecule has 2 aromatic rings. The van der Waals surface area contributed by atoms with Crippen molar-refractivity contribution in [2.75, 3.05) is 18.5 Å². The summed E-state index contributed by atoms with van der Waals surface area (Å²) in [5.41, 5.74) is 2.64. The molecular formula is C15H19BrN2S. The summed E-state index contributed by atoms with van der Waals surface area (Å²) in [5, 5.41) is 5.38. The van der Waals surface area contributed by atoms with E-state index in [-0.39, 0.29) is 0 Å². The van der Waals surface area contributed by atoms with Gasteiger partial charge in [0.15, 0.2) is 0 Å². The summed E-state index contributed by atoms with van der Waals surface area (Å²) < 4.78 is 1.13. The maximum atomic E-state index is 3.55. The van der Waals surface area contributed by atoms with Crippen LogP contribution in [0.4, 0.5) is 5.69 Å². The van der Waals surface area contributed by atoms with E-state index in [1.807, 2.05) is 18.4 Å². The maximum Gasteiger partial charge on any atom is 0.0522 e. The fourth-order valence-electron chi connectivity index (χ4n) is 2.15. The van der Waals surface area contributed by atoms with Crippen LogP contribution in [0.5, 0.6) is 0 Å². The van der Waals surface area contributed by atoms with Gasteiger partial charge in [-0.05, 0) is 49.2 Å². The molecule has 1 N–H and O–H groups in total. The largest absolute Gasteiger partial charge is 0.366 e. The molecule has 0 aliphatic carbocycles. The predicted molar refractivity (Wildman–Crippen MR) is 87.9 cm³/mol. The first-order valence-corrected chi connectivity index (χ1v) is 8.12. The number of hydrogen-bond donors (Lipinski definition) is 1. The van der Waals surface area contributed by atoms with Gasteiger partial charge in [0.05, 0.1) is 6.54 Å². The molecule has 0 spiro atoms. The van der Waals surface area contributed by atoms with E-state index < -0.39 is 0 Å².